The molecule has 0 aliphatic carbocycles. The lowest BCUT2D eigenvalue weighted by Gasteiger charge is -2.33. The van der Waals surface area contributed by atoms with Crippen LogP contribution < -0.4 is 5.84 Å². The standard InChI is InChI=1S/C6H16N2O/c1-5-6(2,9-4)8(3)7/h5,7H2,1-4H3. The normalized spacial score (nSPS) is 18.0. The van der Waals surface area contributed by atoms with Crippen molar-refractivity contribution >= 4 is 0 Å². The van der Waals surface area contributed by atoms with Crippen LogP contribution in [0.4, 0.5) is 0 Å². The number of rotatable bonds is 3. The molecule has 0 spiro atoms. The number of nitrogens with two attached hydrogens (primary N) is 1. The maximum Gasteiger partial charge on any atom is 0.129 e. The first-order chi connectivity index (χ1) is 4.06. The minimum Gasteiger partial charge on any atom is -0.363 e. The second-order valence-electron chi connectivity index (χ2n) is 2.34. The molecule has 0 bridgehead atoms. The molecule has 3 nitrogen and oxygen atoms in total. The summed E-state index contributed by atoms with van der Waals surface area (Å²) in [5, 5.41) is 1.58. The number of hydrogen-bond acceptors (Lipinski definition) is 3. The summed E-state index contributed by atoms with van der Waals surface area (Å²) in [5.74, 6) is 5.50. The first kappa shape index (κ1) is 8.88. The largest absolute Gasteiger partial charge is 0.363 e. The third kappa shape index (κ3) is 1.93. The first-order valence-corrected chi connectivity index (χ1v) is 3.10. The van der Waals surface area contributed by atoms with E-state index in [2.05, 4.69) is 0 Å². The van der Waals surface area contributed by atoms with Crippen molar-refractivity contribution in [2.45, 2.75) is 26.0 Å². The van der Waals surface area contributed by atoms with E-state index >= 15 is 0 Å². The average molecular weight is 132 g/mol. The fraction of sp³-hybridized carbons (Fsp3) is 1.00. The highest BCUT2D eigenvalue weighted by Crippen LogP contribution is 2.13. The number of nitrogens with zero attached hydrogens (tertiary/aromatic N) is 1. The Balaban J connectivity index is 3.92. The highest BCUT2D eigenvalue weighted by Gasteiger charge is 2.23. The van der Waals surface area contributed by atoms with Gasteiger partial charge in [0.2, 0.25) is 0 Å². The van der Waals surface area contributed by atoms with E-state index in [1.54, 1.807) is 19.2 Å². The highest BCUT2D eigenvalue weighted by molar-refractivity contribution is 4.66. The predicted octanol–water partition coefficient (Wildman–Crippen LogP) is 0.565. The number of ether oxygens (including phenoxy) is 1. The molecule has 0 amide bonds. The van der Waals surface area contributed by atoms with Crippen molar-refractivity contribution < 1.29 is 4.74 Å². The van der Waals surface area contributed by atoms with Gasteiger partial charge in [-0.2, -0.15) is 0 Å². The van der Waals surface area contributed by atoms with Gasteiger partial charge in [-0.15, -0.1) is 0 Å². The van der Waals surface area contributed by atoms with Gasteiger partial charge in [-0.05, 0) is 13.3 Å². The summed E-state index contributed by atoms with van der Waals surface area (Å²) < 4.78 is 5.15. The quantitative estimate of drug-likeness (QED) is 0.346. The van der Waals surface area contributed by atoms with Crippen LogP contribution in [0.15, 0.2) is 0 Å². The fourth-order valence-electron chi connectivity index (χ4n) is 0.538. The Morgan fingerprint density at radius 3 is 2.11 bits per heavy atom. The van der Waals surface area contributed by atoms with Gasteiger partial charge in [0, 0.05) is 14.2 Å². The Kier molecular flexibility index (Phi) is 3.11. The summed E-state index contributed by atoms with van der Waals surface area (Å²) in [6, 6.07) is 0. The predicted molar refractivity (Wildman–Crippen MR) is 37.7 cm³/mol. The van der Waals surface area contributed by atoms with E-state index < -0.39 is 0 Å². The summed E-state index contributed by atoms with van der Waals surface area (Å²) in [7, 11) is 3.46. The Labute approximate surface area is 56.7 Å². The van der Waals surface area contributed by atoms with E-state index in [-0.39, 0.29) is 5.72 Å². The minimum atomic E-state index is -0.306. The molecule has 0 radical (unpaired) electrons. The molecule has 56 valence electrons. The van der Waals surface area contributed by atoms with Crippen LogP contribution in [0.25, 0.3) is 0 Å². The molecule has 0 saturated heterocycles. The molecular formula is C6H16N2O. The molecular weight excluding hydrogens is 116 g/mol. The van der Waals surface area contributed by atoms with Gasteiger partial charge in [-0.1, -0.05) is 6.92 Å². The number of hydrazine groups is 1. The van der Waals surface area contributed by atoms with Crippen LogP contribution >= 0.6 is 0 Å². The lowest BCUT2D eigenvalue weighted by Crippen LogP contribution is -2.49. The van der Waals surface area contributed by atoms with Gasteiger partial charge in [0.15, 0.2) is 0 Å². The van der Waals surface area contributed by atoms with Gasteiger partial charge >= 0.3 is 0 Å². The molecule has 0 fully saturated rings. The van der Waals surface area contributed by atoms with Crippen molar-refractivity contribution in [2.24, 2.45) is 5.84 Å². The van der Waals surface area contributed by atoms with Crippen molar-refractivity contribution in [3.8, 4) is 0 Å². The van der Waals surface area contributed by atoms with Crippen LogP contribution in [0.3, 0.4) is 0 Å². The molecule has 0 aromatic heterocycles. The lowest BCUT2D eigenvalue weighted by atomic mass is 10.2. The summed E-state index contributed by atoms with van der Waals surface area (Å²) >= 11 is 0. The smallest absolute Gasteiger partial charge is 0.129 e. The molecule has 0 aromatic rings. The van der Waals surface area contributed by atoms with Crippen molar-refractivity contribution in [1.29, 1.82) is 0 Å². The zero-order valence-corrected chi connectivity index (χ0v) is 6.64. The molecule has 0 aromatic carbocycles. The van der Waals surface area contributed by atoms with E-state index in [9.17, 15) is 0 Å². The molecule has 0 aliphatic heterocycles. The molecule has 2 N–H and O–H groups in total. The molecule has 0 saturated carbocycles. The molecule has 0 heterocycles. The fourth-order valence-corrected chi connectivity index (χ4v) is 0.538. The van der Waals surface area contributed by atoms with Crippen molar-refractivity contribution in [3.63, 3.8) is 0 Å². The Bertz CT molecular complexity index is 79.1. The van der Waals surface area contributed by atoms with Gasteiger partial charge in [-0.25, -0.2) is 5.01 Å². The maximum atomic E-state index is 5.50. The van der Waals surface area contributed by atoms with Crippen LogP contribution in [-0.2, 0) is 4.74 Å². The topological polar surface area (TPSA) is 38.5 Å². The maximum absolute atomic E-state index is 5.50. The Morgan fingerprint density at radius 2 is 2.11 bits per heavy atom. The Morgan fingerprint density at radius 1 is 1.67 bits per heavy atom. The monoisotopic (exact) mass is 132 g/mol. The molecule has 0 aliphatic rings. The summed E-state index contributed by atoms with van der Waals surface area (Å²) in [4.78, 5) is 0. The van der Waals surface area contributed by atoms with Crippen molar-refractivity contribution in [3.05, 3.63) is 0 Å². The van der Waals surface area contributed by atoms with Crippen LogP contribution in [0.1, 0.15) is 20.3 Å². The zero-order chi connectivity index (χ0) is 7.49. The molecule has 1 unspecified atom stereocenters. The third-order valence-electron chi connectivity index (χ3n) is 1.84. The average Bonchev–Trinajstić information content (AvgIpc) is 1.86. The molecule has 1 atom stereocenters. The van der Waals surface area contributed by atoms with E-state index in [0.29, 0.717) is 0 Å². The zero-order valence-electron chi connectivity index (χ0n) is 6.64. The molecule has 9 heavy (non-hydrogen) atoms. The van der Waals surface area contributed by atoms with E-state index in [4.69, 9.17) is 10.6 Å². The van der Waals surface area contributed by atoms with Crippen LogP contribution in [-0.4, -0.2) is 24.9 Å². The van der Waals surface area contributed by atoms with E-state index in [1.165, 1.54) is 0 Å². The summed E-state index contributed by atoms with van der Waals surface area (Å²) in [6.45, 7) is 3.99. The van der Waals surface area contributed by atoms with Crippen LogP contribution in [0.5, 0.6) is 0 Å². The summed E-state index contributed by atoms with van der Waals surface area (Å²) in [5.41, 5.74) is -0.306. The van der Waals surface area contributed by atoms with Gasteiger partial charge in [0.25, 0.3) is 0 Å². The second kappa shape index (κ2) is 3.15. The molecule has 3 heteroatoms. The number of methoxy groups -OCH3 is 1. The van der Waals surface area contributed by atoms with Crippen LogP contribution in [0, 0.1) is 0 Å². The molecule has 0 rings (SSSR count). The Hall–Kier alpha value is -0.120. The van der Waals surface area contributed by atoms with Gasteiger partial charge in [0.05, 0.1) is 0 Å². The van der Waals surface area contributed by atoms with Gasteiger partial charge < -0.3 is 4.74 Å². The van der Waals surface area contributed by atoms with Gasteiger partial charge in [0.1, 0.15) is 5.72 Å². The van der Waals surface area contributed by atoms with Crippen molar-refractivity contribution in [1.82, 2.24) is 5.01 Å². The first-order valence-electron chi connectivity index (χ1n) is 3.10. The van der Waals surface area contributed by atoms with Crippen LogP contribution in [0.2, 0.25) is 0 Å². The lowest BCUT2D eigenvalue weighted by molar-refractivity contribution is -0.114. The van der Waals surface area contributed by atoms with E-state index in [1.807, 2.05) is 13.8 Å². The highest BCUT2D eigenvalue weighted by atomic mass is 16.5. The third-order valence-corrected chi connectivity index (χ3v) is 1.84. The SMILES string of the molecule is CCC(C)(OC)N(C)N. The number of hydrogen-bond donors (Lipinski definition) is 1. The summed E-state index contributed by atoms with van der Waals surface area (Å²) in [6.07, 6.45) is 0.885. The second-order valence-corrected chi connectivity index (χ2v) is 2.34. The minimum absolute atomic E-state index is 0.306. The van der Waals surface area contributed by atoms with Gasteiger partial charge in [-0.3, -0.25) is 5.84 Å². The van der Waals surface area contributed by atoms with Crippen molar-refractivity contribution in [2.75, 3.05) is 14.2 Å². The van der Waals surface area contributed by atoms with E-state index in [0.717, 1.165) is 6.42 Å².